The SMILES string of the molecule is CNc1nc2c(s1)CCCCCCCCCC2. The van der Waals surface area contributed by atoms with E-state index in [1.807, 2.05) is 18.4 Å². The predicted octanol–water partition coefficient (Wildman–Crippen LogP) is 4.40. The van der Waals surface area contributed by atoms with Gasteiger partial charge in [-0.15, -0.1) is 11.3 Å². The molecule has 1 N–H and O–H groups in total. The van der Waals surface area contributed by atoms with Crippen molar-refractivity contribution in [3.63, 3.8) is 0 Å². The Labute approximate surface area is 109 Å². The Kier molecular flexibility index (Phi) is 5.30. The summed E-state index contributed by atoms with van der Waals surface area (Å²) in [6, 6.07) is 0. The quantitative estimate of drug-likeness (QED) is 0.801. The molecule has 0 bridgehead atoms. The molecule has 1 aliphatic carbocycles. The number of aromatic nitrogens is 1. The average Bonchev–Trinajstić information content (AvgIpc) is 2.72. The lowest BCUT2D eigenvalue weighted by Gasteiger charge is -2.06. The molecule has 0 amide bonds. The van der Waals surface area contributed by atoms with E-state index < -0.39 is 0 Å². The Bertz CT molecular complexity index is 303. The maximum absolute atomic E-state index is 4.70. The van der Waals surface area contributed by atoms with Crippen LogP contribution in [0.2, 0.25) is 0 Å². The van der Waals surface area contributed by atoms with Crippen LogP contribution in [0.1, 0.15) is 61.9 Å². The van der Waals surface area contributed by atoms with Crippen LogP contribution in [-0.2, 0) is 12.8 Å². The topological polar surface area (TPSA) is 24.9 Å². The minimum atomic E-state index is 1.10. The van der Waals surface area contributed by atoms with Gasteiger partial charge in [-0.2, -0.15) is 0 Å². The summed E-state index contributed by atoms with van der Waals surface area (Å²) in [6.45, 7) is 0. The lowest BCUT2D eigenvalue weighted by Crippen LogP contribution is -1.95. The first-order valence-corrected chi connectivity index (χ1v) is 7.88. The molecule has 1 heterocycles. The zero-order valence-electron chi connectivity index (χ0n) is 10.9. The van der Waals surface area contributed by atoms with Crippen LogP contribution < -0.4 is 5.32 Å². The molecule has 1 aromatic heterocycles. The molecule has 0 spiro atoms. The number of hydrogen-bond donors (Lipinski definition) is 1. The van der Waals surface area contributed by atoms with Crippen LogP contribution in [0, 0.1) is 0 Å². The second-order valence-corrected chi connectivity index (χ2v) is 6.05. The third-order valence-electron chi connectivity index (χ3n) is 3.56. The molecule has 17 heavy (non-hydrogen) atoms. The molecule has 0 radical (unpaired) electrons. The van der Waals surface area contributed by atoms with Crippen molar-refractivity contribution in [2.24, 2.45) is 0 Å². The van der Waals surface area contributed by atoms with Gasteiger partial charge in [-0.1, -0.05) is 38.5 Å². The van der Waals surface area contributed by atoms with Gasteiger partial charge in [-0.05, 0) is 25.7 Å². The molecule has 0 fully saturated rings. The third-order valence-corrected chi connectivity index (χ3v) is 4.73. The molecular weight excluding hydrogens is 228 g/mol. The number of rotatable bonds is 1. The summed E-state index contributed by atoms with van der Waals surface area (Å²) in [7, 11) is 1.97. The molecule has 0 unspecified atom stereocenters. The minimum Gasteiger partial charge on any atom is -0.365 e. The van der Waals surface area contributed by atoms with Gasteiger partial charge in [-0.3, -0.25) is 0 Å². The molecular formula is C14H24N2S. The number of fused-ring (bicyclic) bond motifs is 1. The van der Waals surface area contributed by atoms with E-state index in [4.69, 9.17) is 4.98 Å². The number of hydrogen-bond acceptors (Lipinski definition) is 3. The Hall–Kier alpha value is -0.570. The Morgan fingerprint density at radius 1 is 0.882 bits per heavy atom. The average molecular weight is 252 g/mol. The van der Waals surface area contributed by atoms with Gasteiger partial charge in [0, 0.05) is 11.9 Å². The fraction of sp³-hybridized carbons (Fsp3) is 0.786. The van der Waals surface area contributed by atoms with Crippen LogP contribution in [-0.4, -0.2) is 12.0 Å². The minimum absolute atomic E-state index is 1.10. The number of anilines is 1. The normalized spacial score (nSPS) is 18.9. The van der Waals surface area contributed by atoms with Crippen molar-refractivity contribution >= 4 is 16.5 Å². The Morgan fingerprint density at radius 2 is 1.47 bits per heavy atom. The van der Waals surface area contributed by atoms with E-state index in [1.54, 1.807) is 0 Å². The second-order valence-electron chi connectivity index (χ2n) is 4.97. The molecule has 0 saturated carbocycles. The molecule has 1 aromatic rings. The van der Waals surface area contributed by atoms with Crippen molar-refractivity contribution in [3.8, 4) is 0 Å². The highest BCUT2D eigenvalue weighted by molar-refractivity contribution is 7.15. The Balaban J connectivity index is 2.01. The van der Waals surface area contributed by atoms with E-state index in [9.17, 15) is 0 Å². The van der Waals surface area contributed by atoms with E-state index >= 15 is 0 Å². The van der Waals surface area contributed by atoms with Crippen LogP contribution in [0.4, 0.5) is 5.13 Å². The van der Waals surface area contributed by atoms with E-state index in [-0.39, 0.29) is 0 Å². The van der Waals surface area contributed by atoms with Gasteiger partial charge in [0.15, 0.2) is 5.13 Å². The first kappa shape index (κ1) is 12.9. The molecule has 0 saturated heterocycles. The second kappa shape index (κ2) is 7.00. The van der Waals surface area contributed by atoms with Crippen LogP contribution in [0.25, 0.3) is 0 Å². The van der Waals surface area contributed by atoms with Crippen molar-refractivity contribution in [2.45, 2.75) is 64.2 Å². The molecule has 0 atom stereocenters. The van der Waals surface area contributed by atoms with Crippen LogP contribution in [0.5, 0.6) is 0 Å². The van der Waals surface area contributed by atoms with Crippen molar-refractivity contribution in [2.75, 3.05) is 12.4 Å². The predicted molar refractivity (Wildman–Crippen MR) is 76.0 cm³/mol. The molecule has 2 rings (SSSR count). The zero-order valence-corrected chi connectivity index (χ0v) is 11.7. The monoisotopic (exact) mass is 252 g/mol. The van der Waals surface area contributed by atoms with Gasteiger partial charge in [0.05, 0.1) is 5.69 Å². The summed E-state index contributed by atoms with van der Waals surface area (Å²) in [6.07, 6.45) is 13.6. The highest BCUT2D eigenvalue weighted by atomic mass is 32.1. The molecule has 1 aliphatic rings. The summed E-state index contributed by atoms with van der Waals surface area (Å²) in [5, 5.41) is 4.29. The summed E-state index contributed by atoms with van der Waals surface area (Å²) in [5.41, 5.74) is 1.37. The third kappa shape index (κ3) is 3.98. The highest BCUT2D eigenvalue weighted by Gasteiger charge is 2.10. The number of aryl methyl sites for hydroxylation is 2. The number of nitrogens with one attached hydrogen (secondary N) is 1. The lowest BCUT2D eigenvalue weighted by molar-refractivity contribution is 0.559. The summed E-state index contributed by atoms with van der Waals surface area (Å²) in [4.78, 5) is 6.24. The van der Waals surface area contributed by atoms with Crippen molar-refractivity contribution < 1.29 is 0 Å². The highest BCUT2D eigenvalue weighted by Crippen LogP contribution is 2.27. The molecule has 2 nitrogen and oxygen atoms in total. The standard InChI is InChI=1S/C14H24N2S/c1-15-14-16-12-10-8-6-4-2-3-5-7-9-11-13(12)17-14/h2-11H2,1H3,(H,15,16). The Morgan fingerprint density at radius 3 is 2.12 bits per heavy atom. The summed E-state index contributed by atoms with van der Waals surface area (Å²) >= 11 is 1.86. The smallest absolute Gasteiger partial charge is 0.182 e. The van der Waals surface area contributed by atoms with Crippen molar-refractivity contribution in [1.82, 2.24) is 4.98 Å². The van der Waals surface area contributed by atoms with Crippen LogP contribution in [0.15, 0.2) is 0 Å². The van der Waals surface area contributed by atoms with E-state index in [0.717, 1.165) is 5.13 Å². The lowest BCUT2D eigenvalue weighted by atomic mass is 10.0. The maximum atomic E-state index is 4.70. The summed E-state index contributed by atoms with van der Waals surface area (Å²) < 4.78 is 0. The van der Waals surface area contributed by atoms with E-state index in [0.29, 0.717) is 0 Å². The largest absolute Gasteiger partial charge is 0.365 e. The van der Waals surface area contributed by atoms with Gasteiger partial charge >= 0.3 is 0 Å². The van der Waals surface area contributed by atoms with Crippen molar-refractivity contribution in [1.29, 1.82) is 0 Å². The number of thiazole rings is 1. The molecule has 0 aromatic carbocycles. The van der Waals surface area contributed by atoms with Gasteiger partial charge in [-0.25, -0.2) is 4.98 Å². The molecule has 96 valence electrons. The first-order valence-electron chi connectivity index (χ1n) is 7.06. The van der Waals surface area contributed by atoms with Crippen LogP contribution in [0.3, 0.4) is 0 Å². The fourth-order valence-corrected chi connectivity index (χ4v) is 3.52. The maximum Gasteiger partial charge on any atom is 0.182 e. The number of nitrogens with zero attached hydrogens (tertiary/aromatic N) is 1. The van der Waals surface area contributed by atoms with Gasteiger partial charge < -0.3 is 5.32 Å². The molecule has 0 aliphatic heterocycles. The van der Waals surface area contributed by atoms with Gasteiger partial charge in [0.2, 0.25) is 0 Å². The van der Waals surface area contributed by atoms with E-state index in [2.05, 4.69) is 5.32 Å². The molecule has 3 heteroatoms. The summed E-state index contributed by atoms with van der Waals surface area (Å²) in [5.74, 6) is 0. The van der Waals surface area contributed by atoms with Crippen LogP contribution >= 0.6 is 11.3 Å². The van der Waals surface area contributed by atoms with Gasteiger partial charge in [0.1, 0.15) is 0 Å². The zero-order chi connectivity index (χ0) is 11.9. The fourth-order valence-electron chi connectivity index (χ4n) is 2.52. The van der Waals surface area contributed by atoms with Crippen molar-refractivity contribution in [3.05, 3.63) is 10.6 Å². The first-order chi connectivity index (χ1) is 8.40. The van der Waals surface area contributed by atoms with Gasteiger partial charge in [0.25, 0.3) is 0 Å². The van der Waals surface area contributed by atoms with E-state index in [1.165, 1.54) is 74.8 Å².